The quantitative estimate of drug-likeness (QED) is 0.578. The van der Waals surface area contributed by atoms with Crippen LogP contribution in [0.3, 0.4) is 0 Å². The fourth-order valence-electron chi connectivity index (χ4n) is 1.52. The van der Waals surface area contributed by atoms with E-state index in [1.165, 1.54) is 17.8 Å². The smallest absolute Gasteiger partial charge is 0.253 e. The molecule has 6 nitrogen and oxygen atoms in total. The maximum absolute atomic E-state index is 11.3. The summed E-state index contributed by atoms with van der Waals surface area (Å²) in [6.45, 7) is 2.78. The lowest BCUT2D eigenvalue weighted by Gasteiger charge is -2.07. The van der Waals surface area contributed by atoms with Crippen LogP contribution in [-0.2, 0) is 5.75 Å². The minimum atomic E-state index is -0.277. The van der Waals surface area contributed by atoms with E-state index in [9.17, 15) is 4.79 Å². The lowest BCUT2D eigenvalue weighted by atomic mass is 10.3. The monoisotopic (exact) mass is 311 g/mol. The Bertz CT molecular complexity index is 661. The molecule has 4 N–H and O–H groups in total. The molecule has 0 atom stereocenters. The van der Waals surface area contributed by atoms with E-state index in [0.29, 0.717) is 15.9 Å². The van der Waals surface area contributed by atoms with E-state index in [1.807, 2.05) is 13.0 Å². The van der Waals surface area contributed by atoms with Gasteiger partial charge in [-0.1, -0.05) is 23.4 Å². The Balaban J connectivity index is 2.13. The van der Waals surface area contributed by atoms with Crippen LogP contribution in [0.15, 0.2) is 28.2 Å². The Morgan fingerprint density at radius 1 is 1.45 bits per heavy atom. The second-order valence-corrected chi connectivity index (χ2v) is 5.29. The van der Waals surface area contributed by atoms with Crippen LogP contribution < -0.4 is 16.6 Å². The maximum atomic E-state index is 11.3. The number of H-pyrrole nitrogens is 1. The number of rotatable bonds is 5. The van der Waals surface area contributed by atoms with Gasteiger partial charge in [0.25, 0.3) is 5.56 Å². The third-order valence-electron chi connectivity index (χ3n) is 2.36. The average Bonchev–Trinajstić information content (AvgIpc) is 2.38. The van der Waals surface area contributed by atoms with Crippen molar-refractivity contribution in [3.63, 3.8) is 0 Å². The van der Waals surface area contributed by atoms with Gasteiger partial charge in [0.2, 0.25) is 0 Å². The number of thioether (sulfide) groups is 1. The molecule has 0 fully saturated rings. The minimum Gasteiger partial charge on any atom is -0.383 e. The first-order chi connectivity index (χ1) is 9.58. The van der Waals surface area contributed by atoms with Crippen LogP contribution in [0, 0.1) is 0 Å². The van der Waals surface area contributed by atoms with E-state index in [-0.39, 0.29) is 11.4 Å². The number of anilines is 2. The van der Waals surface area contributed by atoms with E-state index >= 15 is 0 Å². The predicted molar refractivity (Wildman–Crippen MR) is 82.2 cm³/mol. The molecule has 0 amide bonds. The van der Waals surface area contributed by atoms with Crippen LogP contribution in [0.25, 0.3) is 0 Å². The number of pyridine rings is 1. The summed E-state index contributed by atoms with van der Waals surface area (Å²) in [6, 6.07) is 4.85. The Kier molecular flexibility index (Phi) is 4.86. The first-order valence-electron chi connectivity index (χ1n) is 5.97. The summed E-state index contributed by atoms with van der Waals surface area (Å²) in [6.07, 6.45) is 0. The number of nitrogens with zero attached hydrogens (tertiary/aromatic N) is 2. The van der Waals surface area contributed by atoms with Crippen LogP contribution in [-0.4, -0.2) is 21.5 Å². The highest BCUT2D eigenvalue weighted by Gasteiger charge is 2.07. The zero-order chi connectivity index (χ0) is 14.5. The van der Waals surface area contributed by atoms with Crippen molar-refractivity contribution in [2.24, 2.45) is 0 Å². The van der Waals surface area contributed by atoms with Gasteiger partial charge in [-0.15, -0.1) is 0 Å². The molecule has 0 aliphatic rings. The Morgan fingerprint density at radius 3 is 2.95 bits per heavy atom. The lowest BCUT2D eigenvalue weighted by molar-refractivity contribution is 0.943. The Hall–Kier alpha value is -1.73. The second-order valence-electron chi connectivity index (χ2n) is 3.92. The maximum Gasteiger partial charge on any atom is 0.253 e. The van der Waals surface area contributed by atoms with Gasteiger partial charge in [0.15, 0.2) is 5.16 Å². The van der Waals surface area contributed by atoms with E-state index in [4.69, 9.17) is 17.3 Å². The molecule has 106 valence electrons. The molecule has 2 aromatic rings. The molecule has 0 aromatic carbocycles. The lowest BCUT2D eigenvalue weighted by Crippen LogP contribution is -2.09. The number of aromatic amines is 1. The summed E-state index contributed by atoms with van der Waals surface area (Å²) in [4.78, 5) is 22.3. The van der Waals surface area contributed by atoms with Crippen LogP contribution in [0.4, 0.5) is 11.6 Å². The van der Waals surface area contributed by atoms with Gasteiger partial charge < -0.3 is 16.0 Å². The molecule has 2 aromatic heterocycles. The van der Waals surface area contributed by atoms with Crippen LogP contribution in [0.2, 0.25) is 5.02 Å². The number of hydrogen-bond donors (Lipinski definition) is 3. The van der Waals surface area contributed by atoms with Crippen LogP contribution in [0.5, 0.6) is 0 Å². The van der Waals surface area contributed by atoms with Crippen molar-refractivity contribution in [3.05, 3.63) is 39.3 Å². The van der Waals surface area contributed by atoms with Crippen LogP contribution >= 0.6 is 23.4 Å². The highest BCUT2D eigenvalue weighted by atomic mass is 35.5. The third kappa shape index (κ3) is 3.88. The molecule has 0 unspecified atom stereocenters. The fourth-order valence-corrected chi connectivity index (χ4v) is 2.61. The third-order valence-corrected chi connectivity index (χ3v) is 3.59. The van der Waals surface area contributed by atoms with Gasteiger partial charge in [0, 0.05) is 18.4 Å². The molecule has 8 heteroatoms. The van der Waals surface area contributed by atoms with Crippen molar-refractivity contribution in [2.45, 2.75) is 17.8 Å². The summed E-state index contributed by atoms with van der Waals surface area (Å²) in [7, 11) is 0. The van der Waals surface area contributed by atoms with Crippen LogP contribution in [0.1, 0.15) is 12.6 Å². The van der Waals surface area contributed by atoms with Crippen molar-refractivity contribution in [1.29, 1.82) is 0 Å². The highest BCUT2D eigenvalue weighted by Crippen LogP contribution is 2.24. The summed E-state index contributed by atoms with van der Waals surface area (Å²) in [5, 5.41) is 4.14. The molecule has 2 heterocycles. The van der Waals surface area contributed by atoms with Gasteiger partial charge in [-0.25, -0.2) is 9.97 Å². The van der Waals surface area contributed by atoms with Crippen molar-refractivity contribution in [3.8, 4) is 0 Å². The van der Waals surface area contributed by atoms with Gasteiger partial charge in [-0.05, 0) is 19.1 Å². The SMILES string of the molecule is CCNc1ccc(Cl)c(CSc2nc(N)cc(=O)[nH]2)n1. The van der Waals surface area contributed by atoms with Crippen molar-refractivity contribution < 1.29 is 0 Å². The number of aromatic nitrogens is 3. The normalized spacial score (nSPS) is 10.5. The second kappa shape index (κ2) is 6.62. The standard InChI is InChI=1S/C12H14ClN5OS/c1-2-15-10-4-3-7(13)8(16-10)6-20-12-17-9(14)5-11(19)18-12/h3-5H,2,6H2,1H3,(H,15,16)(H3,14,17,18,19). The molecule has 0 bridgehead atoms. The number of nitrogen functional groups attached to an aromatic ring is 1. The molecule has 0 saturated carbocycles. The zero-order valence-corrected chi connectivity index (χ0v) is 12.4. The van der Waals surface area contributed by atoms with Gasteiger partial charge in [-0.3, -0.25) is 4.79 Å². The topological polar surface area (TPSA) is 96.7 Å². The van der Waals surface area contributed by atoms with Gasteiger partial charge in [0.1, 0.15) is 11.6 Å². The molecular weight excluding hydrogens is 298 g/mol. The van der Waals surface area contributed by atoms with Gasteiger partial charge in [0.05, 0.1) is 10.7 Å². The van der Waals surface area contributed by atoms with Crippen molar-refractivity contribution in [1.82, 2.24) is 15.0 Å². The number of halogens is 1. The van der Waals surface area contributed by atoms with Crippen molar-refractivity contribution in [2.75, 3.05) is 17.6 Å². The molecule has 0 spiro atoms. The number of hydrogen-bond acceptors (Lipinski definition) is 6. The predicted octanol–water partition coefficient (Wildman–Crippen LogP) is 2.12. The summed E-state index contributed by atoms with van der Waals surface area (Å²) in [5.41, 5.74) is 5.97. The molecule has 20 heavy (non-hydrogen) atoms. The van der Waals surface area contributed by atoms with Crippen molar-refractivity contribution >= 4 is 35.0 Å². The minimum absolute atomic E-state index is 0.191. The Morgan fingerprint density at radius 2 is 2.25 bits per heavy atom. The van der Waals surface area contributed by atoms with Gasteiger partial charge >= 0.3 is 0 Å². The summed E-state index contributed by atoms with van der Waals surface area (Å²) in [5.74, 6) is 1.45. The van der Waals surface area contributed by atoms with E-state index in [0.717, 1.165) is 18.1 Å². The largest absolute Gasteiger partial charge is 0.383 e. The number of nitrogens with one attached hydrogen (secondary N) is 2. The van der Waals surface area contributed by atoms with E-state index in [1.54, 1.807) is 6.07 Å². The molecule has 0 aliphatic heterocycles. The molecular formula is C12H14ClN5OS. The first-order valence-corrected chi connectivity index (χ1v) is 7.33. The zero-order valence-electron chi connectivity index (χ0n) is 10.8. The molecule has 2 rings (SSSR count). The van der Waals surface area contributed by atoms with E-state index < -0.39 is 0 Å². The fraction of sp³-hybridized carbons (Fsp3) is 0.250. The van der Waals surface area contributed by atoms with E-state index in [2.05, 4.69) is 20.3 Å². The Labute approximate surface area is 125 Å². The first kappa shape index (κ1) is 14.7. The number of nitrogens with two attached hydrogens (primary N) is 1. The molecule has 0 saturated heterocycles. The summed E-state index contributed by atoms with van der Waals surface area (Å²) >= 11 is 7.43. The van der Waals surface area contributed by atoms with Gasteiger partial charge in [-0.2, -0.15) is 0 Å². The average molecular weight is 312 g/mol. The highest BCUT2D eigenvalue weighted by molar-refractivity contribution is 7.98. The molecule has 0 aliphatic carbocycles. The molecule has 0 radical (unpaired) electrons. The summed E-state index contributed by atoms with van der Waals surface area (Å²) < 4.78 is 0.